The summed E-state index contributed by atoms with van der Waals surface area (Å²) in [5.74, 6) is 0. The zero-order valence-electron chi connectivity index (χ0n) is 44.3. The molecule has 3 nitrogen and oxygen atoms in total. The zero-order valence-corrected chi connectivity index (χ0v) is 45.3. The highest BCUT2D eigenvalue weighted by atomic mass is 28.3. The average Bonchev–Trinajstić information content (AvgIpc) is 4.08. The van der Waals surface area contributed by atoms with Crippen LogP contribution in [0.25, 0.3) is 22.3 Å². The van der Waals surface area contributed by atoms with Gasteiger partial charge < -0.3 is 14.7 Å². The molecule has 4 atom stereocenters. The molecule has 75 heavy (non-hydrogen) atoms. The lowest BCUT2D eigenvalue weighted by molar-refractivity contribution is 0.215. The average molecular weight is 986 g/mol. The lowest BCUT2D eigenvalue weighted by Gasteiger charge is -2.55. The first-order chi connectivity index (χ1) is 36.4. The van der Waals surface area contributed by atoms with Gasteiger partial charge in [0.25, 0.3) is 6.71 Å². The van der Waals surface area contributed by atoms with Crippen molar-refractivity contribution in [2.24, 2.45) is 0 Å². The molecule has 0 radical (unpaired) electrons. The van der Waals surface area contributed by atoms with Crippen molar-refractivity contribution in [3.63, 3.8) is 0 Å². The van der Waals surface area contributed by atoms with Gasteiger partial charge in [0.2, 0.25) is 0 Å². The normalized spacial score (nSPS) is 23.4. The molecule has 6 aliphatic rings. The van der Waals surface area contributed by atoms with Crippen LogP contribution in [0.2, 0.25) is 19.6 Å². The van der Waals surface area contributed by atoms with Crippen molar-refractivity contribution >= 4 is 76.2 Å². The second kappa shape index (κ2) is 15.8. The molecule has 0 saturated heterocycles. The summed E-state index contributed by atoms with van der Waals surface area (Å²) in [5, 5.41) is 1.56. The number of hydrogen-bond donors (Lipinski definition) is 0. The van der Waals surface area contributed by atoms with Crippen molar-refractivity contribution in [1.82, 2.24) is 0 Å². The second-order valence-corrected chi connectivity index (χ2v) is 29.5. The topological polar surface area (TPSA) is 9.72 Å². The zero-order chi connectivity index (χ0) is 50.6. The number of aryl methyl sites for hydroxylation is 1. The van der Waals surface area contributed by atoms with Gasteiger partial charge in [0.1, 0.15) is 0 Å². The molecule has 9 aromatic carbocycles. The Kier molecular flexibility index (Phi) is 9.53. The van der Waals surface area contributed by atoms with E-state index in [0.717, 1.165) is 25.7 Å². The monoisotopic (exact) mass is 985 g/mol. The van der Waals surface area contributed by atoms with Crippen LogP contribution in [0.4, 0.5) is 39.8 Å². The molecule has 366 valence electrons. The van der Waals surface area contributed by atoms with Crippen molar-refractivity contribution < 1.29 is 0 Å². The van der Waals surface area contributed by atoms with Crippen molar-refractivity contribution in [2.45, 2.75) is 101 Å². The Bertz CT molecular complexity index is 3810. The van der Waals surface area contributed by atoms with Crippen LogP contribution in [0.15, 0.2) is 206 Å². The molecule has 2 aliphatic carbocycles. The highest BCUT2D eigenvalue weighted by Crippen LogP contribution is 2.67. The third-order valence-electron chi connectivity index (χ3n) is 19.9. The Hall–Kier alpha value is -7.34. The number of nitrogens with zero attached hydrogens (tertiary/aromatic N) is 3. The molecule has 5 heteroatoms. The fraction of sp³-hybridized carbons (Fsp3) is 0.229. The standard InChI is InChI=1S/C70H64BN3Si/c1-67-40-37-49-27-16-17-32-56(49)69(67,3)73(61-34-19-18-33-57(61)67)54-43-63-65-64(44-54)74-66-58(70(52-29-14-9-15-30-52)39-21-20-38-68(70,74)2)45-55(75(4,5)6)46-60(66)71(65)59-36-35-51(48-25-12-8-13-26-48)42-62(59)72(63)53-31-22-28-50(41-53)47-23-10-7-11-24-47/h7-19,22-36,41-46H,20-21,37-40H2,1-6H3. The van der Waals surface area contributed by atoms with Crippen molar-refractivity contribution in [1.29, 1.82) is 0 Å². The fourth-order valence-electron chi connectivity index (χ4n) is 16.1. The van der Waals surface area contributed by atoms with Crippen LogP contribution in [0, 0.1) is 0 Å². The van der Waals surface area contributed by atoms with E-state index >= 15 is 0 Å². The molecule has 15 rings (SSSR count). The maximum absolute atomic E-state index is 2.97. The Balaban J connectivity index is 1.10. The second-order valence-electron chi connectivity index (χ2n) is 24.4. The Morgan fingerprint density at radius 3 is 1.84 bits per heavy atom. The highest BCUT2D eigenvalue weighted by Gasteiger charge is 2.65. The first-order valence-corrected chi connectivity index (χ1v) is 31.3. The third kappa shape index (κ3) is 5.94. The first-order valence-electron chi connectivity index (χ1n) is 27.8. The maximum atomic E-state index is 2.97. The molecular weight excluding hydrogens is 922 g/mol. The van der Waals surface area contributed by atoms with Gasteiger partial charge in [0.05, 0.1) is 19.2 Å². The van der Waals surface area contributed by atoms with Crippen molar-refractivity contribution in [3.05, 3.63) is 234 Å². The van der Waals surface area contributed by atoms with E-state index in [0.29, 0.717) is 0 Å². The Morgan fingerprint density at radius 2 is 1.09 bits per heavy atom. The minimum absolute atomic E-state index is 0.0115. The number of fused-ring (bicyclic) bond motifs is 12. The van der Waals surface area contributed by atoms with Gasteiger partial charge in [-0.1, -0.05) is 214 Å². The SMILES string of the molecule is CC12CCc3ccccc3C1(C)N(c1cc3c4c(c1)N1c5c(cc([Si](C)(C)C)cc5C5(c6ccccc6)CCCCC15C)B4c1ccc(-c4ccccc4)cc1N3c1cccc(-c3ccccc3)c1)c1ccccc12. The highest BCUT2D eigenvalue weighted by molar-refractivity contribution is 7.01. The minimum atomic E-state index is -1.87. The van der Waals surface area contributed by atoms with Crippen LogP contribution in [0.1, 0.15) is 80.7 Å². The van der Waals surface area contributed by atoms with Gasteiger partial charge in [-0.15, -0.1) is 0 Å². The largest absolute Gasteiger partial charge is 0.335 e. The quantitative estimate of drug-likeness (QED) is 0.154. The van der Waals surface area contributed by atoms with Crippen LogP contribution >= 0.6 is 0 Å². The molecule has 0 bridgehead atoms. The lowest BCUT2D eigenvalue weighted by atomic mass is 9.33. The van der Waals surface area contributed by atoms with Gasteiger partial charge >= 0.3 is 0 Å². The van der Waals surface area contributed by atoms with Crippen LogP contribution in [0.3, 0.4) is 0 Å². The fourth-order valence-corrected chi connectivity index (χ4v) is 17.3. The summed E-state index contributed by atoms with van der Waals surface area (Å²) in [6, 6.07) is 80.2. The van der Waals surface area contributed by atoms with Crippen molar-refractivity contribution in [3.8, 4) is 22.3 Å². The van der Waals surface area contributed by atoms with Crippen LogP contribution in [-0.2, 0) is 22.8 Å². The molecule has 0 amide bonds. The molecule has 1 fully saturated rings. The van der Waals surface area contributed by atoms with Crippen LogP contribution in [0.5, 0.6) is 0 Å². The summed E-state index contributed by atoms with van der Waals surface area (Å²) in [7, 11) is -1.87. The molecule has 4 unspecified atom stereocenters. The number of anilines is 7. The van der Waals surface area contributed by atoms with E-state index in [4.69, 9.17) is 0 Å². The summed E-state index contributed by atoms with van der Waals surface area (Å²) < 4.78 is 0. The van der Waals surface area contributed by atoms with E-state index < -0.39 is 8.07 Å². The van der Waals surface area contributed by atoms with Gasteiger partial charge in [-0.3, -0.25) is 0 Å². The van der Waals surface area contributed by atoms with Crippen molar-refractivity contribution in [2.75, 3.05) is 14.7 Å². The molecule has 1 saturated carbocycles. The summed E-state index contributed by atoms with van der Waals surface area (Å²) in [6.45, 7) is 15.5. The summed E-state index contributed by atoms with van der Waals surface area (Å²) in [5.41, 5.74) is 24.7. The van der Waals surface area contributed by atoms with Gasteiger partial charge in [-0.05, 0) is 142 Å². The van der Waals surface area contributed by atoms with E-state index in [-0.39, 0.29) is 28.6 Å². The van der Waals surface area contributed by atoms with E-state index in [1.54, 1.807) is 10.8 Å². The number of hydrogen-bond acceptors (Lipinski definition) is 3. The van der Waals surface area contributed by atoms with Gasteiger partial charge in [0, 0.05) is 50.6 Å². The lowest BCUT2D eigenvalue weighted by Crippen LogP contribution is -2.65. The van der Waals surface area contributed by atoms with Gasteiger partial charge in [-0.25, -0.2) is 0 Å². The number of rotatable bonds is 6. The number of para-hydroxylation sites is 1. The predicted octanol–water partition coefficient (Wildman–Crippen LogP) is 15.2. The molecule has 9 aromatic rings. The van der Waals surface area contributed by atoms with E-state index in [2.05, 4.69) is 261 Å². The summed E-state index contributed by atoms with van der Waals surface area (Å²) in [6.07, 6.45) is 6.80. The van der Waals surface area contributed by atoms with E-state index in [1.165, 1.54) is 114 Å². The summed E-state index contributed by atoms with van der Waals surface area (Å²) in [4.78, 5) is 8.47. The van der Waals surface area contributed by atoms with Crippen LogP contribution < -0.4 is 36.3 Å². The van der Waals surface area contributed by atoms with Gasteiger partial charge in [0.15, 0.2) is 0 Å². The minimum Gasteiger partial charge on any atom is -0.335 e. The molecule has 0 spiro atoms. The molecule has 4 aliphatic heterocycles. The number of benzene rings is 9. The Morgan fingerprint density at radius 1 is 0.453 bits per heavy atom. The Labute approximate surface area is 445 Å². The molecule has 0 aromatic heterocycles. The smallest absolute Gasteiger partial charge is 0.252 e. The summed E-state index contributed by atoms with van der Waals surface area (Å²) >= 11 is 0. The third-order valence-corrected chi connectivity index (χ3v) is 21.9. The van der Waals surface area contributed by atoms with Gasteiger partial charge in [-0.2, -0.15) is 0 Å². The predicted molar refractivity (Wildman–Crippen MR) is 320 cm³/mol. The van der Waals surface area contributed by atoms with E-state index in [9.17, 15) is 0 Å². The van der Waals surface area contributed by atoms with Crippen LogP contribution in [-0.4, -0.2) is 20.3 Å². The molecule has 0 N–H and O–H groups in total. The molecule has 4 heterocycles. The first kappa shape index (κ1) is 45.1. The maximum Gasteiger partial charge on any atom is 0.252 e. The molecular formula is C70H64BN3Si. The van der Waals surface area contributed by atoms with E-state index in [1.807, 2.05) is 0 Å².